The third kappa shape index (κ3) is 5.50. The number of hydrogen-bond acceptors (Lipinski definition) is 3. The van der Waals surface area contributed by atoms with Crippen LogP contribution in [-0.4, -0.2) is 28.8 Å². The van der Waals surface area contributed by atoms with Crippen molar-refractivity contribution < 1.29 is 4.79 Å². The molecule has 0 aromatic carbocycles. The first kappa shape index (κ1) is 17.7. The standard InChI is InChI=1S/C16H30N4O/c1-11(2)10-20-14(5)15(13(4)19-20)6-7-16(21)18-9-12(3)8-17/h11-12H,6-10,17H2,1-5H3,(H,18,21). The fourth-order valence-electron chi connectivity index (χ4n) is 2.32. The molecule has 1 aromatic heterocycles. The molecule has 5 nitrogen and oxygen atoms in total. The summed E-state index contributed by atoms with van der Waals surface area (Å²) in [5.41, 5.74) is 8.97. The smallest absolute Gasteiger partial charge is 0.220 e. The van der Waals surface area contributed by atoms with Crippen molar-refractivity contribution in [2.24, 2.45) is 17.6 Å². The van der Waals surface area contributed by atoms with Crippen LogP contribution < -0.4 is 11.1 Å². The summed E-state index contributed by atoms with van der Waals surface area (Å²) in [6, 6.07) is 0. The van der Waals surface area contributed by atoms with Gasteiger partial charge in [0.25, 0.3) is 0 Å². The van der Waals surface area contributed by atoms with Gasteiger partial charge in [0, 0.05) is 25.2 Å². The Morgan fingerprint density at radius 2 is 2.00 bits per heavy atom. The summed E-state index contributed by atoms with van der Waals surface area (Å²) in [5.74, 6) is 0.980. The first-order valence-corrected chi connectivity index (χ1v) is 7.84. The zero-order valence-corrected chi connectivity index (χ0v) is 14.1. The lowest BCUT2D eigenvalue weighted by atomic mass is 10.1. The van der Waals surface area contributed by atoms with Crippen LogP contribution in [-0.2, 0) is 17.8 Å². The molecule has 0 spiro atoms. The van der Waals surface area contributed by atoms with Gasteiger partial charge in [0.2, 0.25) is 5.91 Å². The van der Waals surface area contributed by atoms with E-state index in [0.717, 1.165) is 18.7 Å². The van der Waals surface area contributed by atoms with E-state index < -0.39 is 0 Å². The van der Waals surface area contributed by atoms with Crippen molar-refractivity contribution in [1.29, 1.82) is 0 Å². The van der Waals surface area contributed by atoms with Gasteiger partial charge in [0.15, 0.2) is 0 Å². The molecule has 0 aliphatic heterocycles. The molecule has 0 bridgehead atoms. The highest BCUT2D eigenvalue weighted by Crippen LogP contribution is 2.16. The maximum Gasteiger partial charge on any atom is 0.220 e. The quantitative estimate of drug-likeness (QED) is 0.768. The normalized spacial score (nSPS) is 12.7. The van der Waals surface area contributed by atoms with Crippen molar-refractivity contribution in [2.45, 2.75) is 54.0 Å². The van der Waals surface area contributed by atoms with E-state index in [-0.39, 0.29) is 5.91 Å². The van der Waals surface area contributed by atoms with Crippen LogP contribution in [0.2, 0.25) is 0 Å². The summed E-state index contributed by atoms with van der Waals surface area (Å²) in [6.45, 7) is 12.7. The molecular formula is C16H30N4O. The van der Waals surface area contributed by atoms with E-state index in [4.69, 9.17) is 5.73 Å². The monoisotopic (exact) mass is 294 g/mol. The first-order valence-electron chi connectivity index (χ1n) is 7.84. The van der Waals surface area contributed by atoms with Crippen LogP contribution in [0.25, 0.3) is 0 Å². The number of rotatable bonds is 8. The minimum absolute atomic E-state index is 0.0886. The molecule has 0 aliphatic carbocycles. The molecule has 0 saturated carbocycles. The van der Waals surface area contributed by atoms with Crippen LogP contribution in [0.5, 0.6) is 0 Å². The van der Waals surface area contributed by atoms with E-state index in [2.05, 4.69) is 35.9 Å². The molecule has 3 N–H and O–H groups in total. The van der Waals surface area contributed by atoms with Gasteiger partial charge in [0.05, 0.1) is 5.69 Å². The average Bonchev–Trinajstić information content (AvgIpc) is 2.68. The number of nitrogens with one attached hydrogen (secondary N) is 1. The molecule has 1 amide bonds. The van der Waals surface area contributed by atoms with Gasteiger partial charge >= 0.3 is 0 Å². The fraction of sp³-hybridized carbons (Fsp3) is 0.750. The Bertz CT molecular complexity index is 465. The molecule has 0 radical (unpaired) electrons. The Morgan fingerprint density at radius 3 is 2.57 bits per heavy atom. The van der Waals surface area contributed by atoms with E-state index in [1.165, 1.54) is 11.3 Å². The van der Waals surface area contributed by atoms with Crippen molar-refractivity contribution in [3.63, 3.8) is 0 Å². The summed E-state index contributed by atoms with van der Waals surface area (Å²) in [4.78, 5) is 11.9. The summed E-state index contributed by atoms with van der Waals surface area (Å²) < 4.78 is 2.06. The lowest BCUT2D eigenvalue weighted by molar-refractivity contribution is -0.121. The maximum atomic E-state index is 11.9. The van der Waals surface area contributed by atoms with Gasteiger partial charge in [-0.2, -0.15) is 5.10 Å². The molecule has 0 saturated heterocycles. The van der Waals surface area contributed by atoms with E-state index in [0.29, 0.717) is 31.3 Å². The number of nitrogens with zero attached hydrogens (tertiary/aromatic N) is 2. The highest BCUT2D eigenvalue weighted by Gasteiger charge is 2.14. The second-order valence-electron chi connectivity index (χ2n) is 6.37. The number of hydrogen-bond donors (Lipinski definition) is 2. The second kappa shape index (κ2) is 8.17. The first-order chi connectivity index (χ1) is 9.85. The lowest BCUT2D eigenvalue weighted by Crippen LogP contribution is -2.31. The highest BCUT2D eigenvalue weighted by molar-refractivity contribution is 5.76. The Morgan fingerprint density at radius 1 is 1.33 bits per heavy atom. The van der Waals surface area contributed by atoms with Crippen LogP contribution in [0.15, 0.2) is 0 Å². The van der Waals surface area contributed by atoms with Gasteiger partial charge in [-0.25, -0.2) is 0 Å². The number of carbonyl (C=O) groups excluding carboxylic acids is 1. The van der Waals surface area contributed by atoms with Crippen LogP contribution in [0.4, 0.5) is 0 Å². The van der Waals surface area contributed by atoms with Crippen LogP contribution in [0, 0.1) is 25.7 Å². The van der Waals surface area contributed by atoms with Crippen LogP contribution in [0.3, 0.4) is 0 Å². The maximum absolute atomic E-state index is 11.9. The average molecular weight is 294 g/mol. The molecule has 1 atom stereocenters. The summed E-state index contributed by atoms with van der Waals surface area (Å²) in [5, 5.41) is 7.52. The largest absolute Gasteiger partial charge is 0.356 e. The zero-order valence-electron chi connectivity index (χ0n) is 14.1. The van der Waals surface area contributed by atoms with Gasteiger partial charge in [0.1, 0.15) is 0 Å². The molecule has 1 aromatic rings. The third-order valence-corrected chi connectivity index (χ3v) is 3.72. The van der Waals surface area contributed by atoms with Crippen molar-refractivity contribution >= 4 is 5.91 Å². The molecule has 0 fully saturated rings. The number of amides is 1. The molecule has 1 heterocycles. The van der Waals surface area contributed by atoms with Crippen molar-refractivity contribution in [3.8, 4) is 0 Å². The number of aryl methyl sites for hydroxylation is 1. The van der Waals surface area contributed by atoms with Gasteiger partial charge in [-0.3, -0.25) is 9.48 Å². The Hall–Kier alpha value is -1.36. The number of aromatic nitrogens is 2. The lowest BCUT2D eigenvalue weighted by Gasteiger charge is -2.10. The van der Waals surface area contributed by atoms with Gasteiger partial charge in [-0.15, -0.1) is 0 Å². The molecule has 5 heteroatoms. The molecule has 120 valence electrons. The van der Waals surface area contributed by atoms with Gasteiger partial charge in [-0.1, -0.05) is 20.8 Å². The molecular weight excluding hydrogens is 264 g/mol. The predicted molar refractivity (Wildman–Crippen MR) is 86.1 cm³/mol. The SMILES string of the molecule is Cc1nn(CC(C)C)c(C)c1CCC(=O)NCC(C)CN. The minimum atomic E-state index is 0.0886. The van der Waals surface area contributed by atoms with E-state index in [9.17, 15) is 4.79 Å². The van der Waals surface area contributed by atoms with Crippen LogP contribution in [0.1, 0.15) is 44.1 Å². The van der Waals surface area contributed by atoms with Crippen molar-refractivity contribution in [1.82, 2.24) is 15.1 Å². The summed E-state index contributed by atoms with van der Waals surface area (Å²) in [7, 11) is 0. The van der Waals surface area contributed by atoms with Gasteiger partial charge in [-0.05, 0) is 44.2 Å². The van der Waals surface area contributed by atoms with Crippen LogP contribution >= 0.6 is 0 Å². The Balaban J connectivity index is 2.55. The molecule has 21 heavy (non-hydrogen) atoms. The predicted octanol–water partition coefficient (Wildman–Crippen LogP) is 1.80. The topological polar surface area (TPSA) is 72.9 Å². The molecule has 1 unspecified atom stereocenters. The van der Waals surface area contributed by atoms with Crippen molar-refractivity contribution in [2.75, 3.05) is 13.1 Å². The molecule has 1 rings (SSSR count). The Labute approximate surface area is 128 Å². The highest BCUT2D eigenvalue weighted by atomic mass is 16.1. The summed E-state index contributed by atoms with van der Waals surface area (Å²) in [6.07, 6.45) is 1.25. The number of carbonyl (C=O) groups is 1. The zero-order chi connectivity index (χ0) is 16.0. The van der Waals surface area contributed by atoms with Gasteiger partial charge < -0.3 is 11.1 Å². The molecule has 0 aliphatic rings. The summed E-state index contributed by atoms with van der Waals surface area (Å²) >= 11 is 0. The third-order valence-electron chi connectivity index (χ3n) is 3.72. The Kier molecular flexibility index (Phi) is 6.89. The van der Waals surface area contributed by atoms with E-state index in [1.54, 1.807) is 0 Å². The van der Waals surface area contributed by atoms with E-state index in [1.807, 2.05) is 13.8 Å². The minimum Gasteiger partial charge on any atom is -0.356 e. The fourth-order valence-corrected chi connectivity index (χ4v) is 2.32. The second-order valence-corrected chi connectivity index (χ2v) is 6.37. The van der Waals surface area contributed by atoms with E-state index >= 15 is 0 Å². The number of nitrogens with two attached hydrogens (primary N) is 1. The van der Waals surface area contributed by atoms with Crippen molar-refractivity contribution in [3.05, 3.63) is 17.0 Å².